The first-order valence-electron chi connectivity index (χ1n) is 15.4. The molecular formula is C32H40N6O5S. The lowest BCUT2D eigenvalue weighted by molar-refractivity contribution is 0.0697. The van der Waals surface area contributed by atoms with Crippen molar-refractivity contribution in [2.24, 2.45) is 5.92 Å². The molecule has 6 rings (SSSR count). The molecule has 0 spiro atoms. The van der Waals surface area contributed by atoms with E-state index in [1.807, 2.05) is 24.3 Å². The Hall–Kier alpha value is -3.50. The third-order valence-electron chi connectivity index (χ3n) is 8.66. The highest BCUT2D eigenvalue weighted by atomic mass is 32.2. The number of likely N-dealkylation sites (N-methyl/N-ethyl adjacent to an activating group) is 1. The summed E-state index contributed by atoms with van der Waals surface area (Å²) in [6.45, 7) is 4.08. The highest BCUT2D eigenvalue weighted by molar-refractivity contribution is 7.88. The quantitative estimate of drug-likeness (QED) is 0.414. The number of nitrogens with one attached hydrogen (secondary N) is 1. The van der Waals surface area contributed by atoms with Gasteiger partial charge >= 0.3 is 0 Å². The van der Waals surface area contributed by atoms with Crippen molar-refractivity contribution in [3.8, 4) is 17.6 Å². The second kappa shape index (κ2) is 13.2. The maximum Gasteiger partial charge on any atom is 0.268 e. The van der Waals surface area contributed by atoms with Gasteiger partial charge in [-0.25, -0.2) is 17.7 Å². The number of benzene rings is 1. The summed E-state index contributed by atoms with van der Waals surface area (Å²) in [6.07, 6.45) is 8.06. The van der Waals surface area contributed by atoms with Crippen LogP contribution in [0.4, 0.5) is 11.6 Å². The average molecular weight is 621 g/mol. The topological polar surface area (TPSA) is 119 Å². The molecule has 3 aliphatic rings. The van der Waals surface area contributed by atoms with Crippen molar-refractivity contribution >= 4 is 32.7 Å². The molecule has 1 aromatic carbocycles. The molecule has 3 aliphatic heterocycles. The molecule has 1 N–H and O–H groups in total. The minimum atomic E-state index is -3.20. The third-order valence-corrected chi connectivity index (χ3v) is 9.96. The lowest BCUT2D eigenvalue weighted by atomic mass is 9.98. The Morgan fingerprint density at radius 3 is 2.50 bits per heavy atom. The van der Waals surface area contributed by atoms with Crippen LogP contribution in [-0.2, 0) is 14.8 Å². The van der Waals surface area contributed by atoms with Gasteiger partial charge in [-0.05, 0) is 82.4 Å². The van der Waals surface area contributed by atoms with Gasteiger partial charge in [0.2, 0.25) is 16.0 Å². The lowest BCUT2D eigenvalue weighted by Crippen LogP contribution is -2.38. The van der Waals surface area contributed by atoms with Crippen LogP contribution in [0.2, 0.25) is 0 Å². The van der Waals surface area contributed by atoms with E-state index in [0.717, 1.165) is 42.8 Å². The number of rotatable bonds is 6. The molecule has 0 aliphatic carbocycles. The predicted molar refractivity (Wildman–Crippen MR) is 170 cm³/mol. The molecule has 5 heterocycles. The SMILES string of the molecule is CN1CCCC(Oc2ccc(Nc3ncc4cc(C#CC5CCN(S(C)(=O)=O)CC5)c(=O)n(C5CCOCC5)c4n3)cc2)C1. The highest BCUT2D eigenvalue weighted by Crippen LogP contribution is 2.26. The molecule has 3 saturated heterocycles. The van der Waals surface area contributed by atoms with Gasteiger partial charge in [-0.3, -0.25) is 9.36 Å². The van der Waals surface area contributed by atoms with Gasteiger partial charge in [0.1, 0.15) is 17.5 Å². The fourth-order valence-electron chi connectivity index (χ4n) is 6.22. The standard InChI is InChI=1S/C32H40N6O5S/c1-36-15-3-4-29(22-36)43-28-9-7-26(8-10-28)34-32-33-21-25-20-24(6-5-23-11-16-37(17-12-23)44(2,40)41)31(39)38(30(25)35-32)27-13-18-42-19-14-27/h7-10,20-21,23,27,29H,3-4,11-19,22H2,1-2H3,(H,33,34,35). The molecule has 0 bridgehead atoms. The summed E-state index contributed by atoms with van der Waals surface area (Å²) in [4.78, 5) is 25.5. The van der Waals surface area contributed by atoms with Crippen molar-refractivity contribution in [3.05, 3.63) is 52.4 Å². The van der Waals surface area contributed by atoms with Crippen LogP contribution in [0.25, 0.3) is 11.0 Å². The predicted octanol–water partition coefficient (Wildman–Crippen LogP) is 3.38. The molecule has 0 saturated carbocycles. The summed E-state index contributed by atoms with van der Waals surface area (Å²) in [5.74, 6) is 7.64. The number of piperidine rings is 2. The van der Waals surface area contributed by atoms with Crippen LogP contribution in [0.1, 0.15) is 50.1 Å². The van der Waals surface area contributed by atoms with Crippen molar-refractivity contribution < 1.29 is 17.9 Å². The van der Waals surface area contributed by atoms with Gasteiger partial charge in [0.25, 0.3) is 5.56 Å². The van der Waals surface area contributed by atoms with Gasteiger partial charge in [0, 0.05) is 62.1 Å². The molecule has 11 nitrogen and oxygen atoms in total. The zero-order chi connectivity index (χ0) is 30.7. The van der Waals surface area contributed by atoms with Crippen LogP contribution in [0.3, 0.4) is 0 Å². The number of hydrogen-bond acceptors (Lipinski definition) is 9. The lowest BCUT2D eigenvalue weighted by Gasteiger charge is -2.30. The molecule has 3 fully saturated rings. The largest absolute Gasteiger partial charge is 0.489 e. The van der Waals surface area contributed by atoms with Gasteiger partial charge < -0.3 is 19.7 Å². The molecule has 0 radical (unpaired) electrons. The van der Waals surface area contributed by atoms with Crippen molar-refractivity contribution in [2.45, 2.75) is 50.7 Å². The van der Waals surface area contributed by atoms with E-state index >= 15 is 0 Å². The van der Waals surface area contributed by atoms with E-state index in [2.05, 4.69) is 34.1 Å². The fraction of sp³-hybridized carbons (Fsp3) is 0.531. The van der Waals surface area contributed by atoms with Crippen LogP contribution >= 0.6 is 0 Å². The molecule has 2 aromatic heterocycles. The van der Waals surface area contributed by atoms with E-state index < -0.39 is 10.0 Å². The van der Waals surface area contributed by atoms with E-state index in [0.29, 0.717) is 69.1 Å². The van der Waals surface area contributed by atoms with Crippen LogP contribution < -0.4 is 15.6 Å². The summed E-state index contributed by atoms with van der Waals surface area (Å²) in [5.41, 5.74) is 1.61. The molecule has 44 heavy (non-hydrogen) atoms. The minimum absolute atomic E-state index is 0.0308. The van der Waals surface area contributed by atoms with Crippen molar-refractivity contribution in [1.82, 2.24) is 23.7 Å². The second-order valence-corrected chi connectivity index (χ2v) is 14.0. The molecule has 234 valence electrons. The van der Waals surface area contributed by atoms with E-state index in [4.69, 9.17) is 14.5 Å². The number of likely N-dealkylation sites (tertiary alicyclic amines) is 1. The Labute approximate surface area is 258 Å². The Morgan fingerprint density at radius 1 is 1.05 bits per heavy atom. The number of aromatic nitrogens is 3. The normalized spacial score (nSPS) is 21.1. The van der Waals surface area contributed by atoms with Gasteiger partial charge in [0.15, 0.2) is 0 Å². The number of pyridine rings is 1. The Morgan fingerprint density at radius 2 is 1.80 bits per heavy atom. The van der Waals surface area contributed by atoms with E-state index in [1.165, 1.54) is 10.6 Å². The Balaban J connectivity index is 1.23. The Bertz CT molecular complexity index is 1700. The van der Waals surface area contributed by atoms with E-state index in [1.54, 1.807) is 16.8 Å². The number of sulfonamides is 1. The molecule has 3 aromatic rings. The van der Waals surface area contributed by atoms with E-state index in [-0.39, 0.29) is 23.6 Å². The first-order chi connectivity index (χ1) is 21.2. The highest BCUT2D eigenvalue weighted by Gasteiger charge is 2.25. The molecule has 12 heteroatoms. The van der Waals surface area contributed by atoms with Crippen LogP contribution in [-0.4, -0.2) is 91.0 Å². The summed E-state index contributed by atoms with van der Waals surface area (Å²) in [6, 6.07) is 9.50. The first kappa shape index (κ1) is 30.5. The van der Waals surface area contributed by atoms with Crippen molar-refractivity contribution in [2.75, 3.05) is 58.0 Å². The van der Waals surface area contributed by atoms with Crippen LogP contribution in [0.15, 0.2) is 41.3 Å². The maximum atomic E-state index is 13.9. The summed E-state index contributed by atoms with van der Waals surface area (Å²) in [5, 5.41) is 4.01. The van der Waals surface area contributed by atoms with Crippen molar-refractivity contribution in [3.63, 3.8) is 0 Å². The van der Waals surface area contributed by atoms with Gasteiger partial charge in [0.05, 0.1) is 11.8 Å². The van der Waals surface area contributed by atoms with Crippen molar-refractivity contribution in [1.29, 1.82) is 0 Å². The summed E-state index contributed by atoms with van der Waals surface area (Å²) in [7, 11) is -1.08. The fourth-order valence-corrected chi connectivity index (χ4v) is 7.09. The number of anilines is 2. The number of ether oxygens (including phenoxy) is 2. The minimum Gasteiger partial charge on any atom is -0.489 e. The van der Waals surface area contributed by atoms with Gasteiger partial charge in [-0.15, -0.1) is 0 Å². The maximum absolute atomic E-state index is 13.9. The molecule has 0 amide bonds. The number of hydrogen-bond donors (Lipinski definition) is 1. The number of fused-ring (bicyclic) bond motifs is 1. The smallest absolute Gasteiger partial charge is 0.268 e. The van der Waals surface area contributed by atoms with Gasteiger partial charge in [-0.2, -0.15) is 4.98 Å². The monoisotopic (exact) mass is 620 g/mol. The third kappa shape index (κ3) is 7.24. The zero-order valence-corrected chi connectivity index (χ0v) is 26.2. The Kier molecular flexibility index (Phi) is 9.18. The average Bonchev–Trinajstić information content (AvgIpc) is 3.01. The summed E-state index contributed by atoms with van der Waals surface area (Å²) >= 11 is 0. The first-order valence-corrected chi connectivity index (χ1v) is 17.3. The van der Waals surface area contributed by atoms with Crippen LogP contribution in [0, 0.1) is 17.8 Å². The summed E-state index contributed by atoms with van der Waals surface area (Å²) < 4.78 is 38.7. The molecular weight excluding hydrogens is 580 g/mol. The molecule has 1 atom stereocenters. The van der Waals surface area contributed by atoms with Crippen LogP contribution in [0.5, 0.6) is 5.75 Å². The second-order valence-electron chi connectivity index (χ2n) is 12.0. The van der Waals surface area contributed by atoms with E-state index in [9.17, 15) is 13.2 Å². The number of nitrogens with zero attached hydrogens (tertiary/aromatic N) is 5. The zero-order valence-electron chi connectivity index (χ0n) is 25.4. The van der Waals surface area contributed by atoms with Gasteiger partial charge in [-0.1, -0.05) is 11.8 Å². The molecule has 1 unspecified atom stereocenters.